The fourth-order valence-corrected chi connectivity index (χ4v) is 2.91. The first-order valence-electron chi connectivity index (χ1n) is 6.82. The maximum atomic E-state index is 11.8. The Hall–Kier alpha value is -1.59. The van der Waals surface area contributed by atoms with E-state index in [0.717, 1.165) is 25.0 Å². The molecule has 2 aromatic rings. The van der Waals surface area contributed by atoms with Crippen molar-refractivity contribution in [3.63, 3.8) is 0 Å². The SMILES string of the molecule is NCC1CCCN1CCn1c(=O)oc2ccccc21. The Labute approximate surface area is 111 Å². The van der Waals surface area contributed by atoms with Crippen molar-refractivity contribution in [2.24, 2.45) is 5.73 Å². The zero-order chi connectivity index (χ0) is 13.2. The maximum absolute atomic E-state index is 11.8. The van der Waals surface area contributed by atoms with Crippen molar-refractivity contribution in [3.8, 4) is 0 Å². The van der Waals surface area contributed by atoms with Gasteiger partial charge in [0.15, 0.2) is 5.58 Å². The van der Waals surface area contributed by atoms with E-state index in [9.17, 15) is 4.79 Å². The molecule has 2 N–H and O–H groups in total. The lowest BCUT2D eigenvalue weighted by molar-refractivity contribution is 0.246. The summed E-state index contributed by atoms with van der Waals surface area (Å²) in [5.74, 6) is -0.273. The lowest BCUT2D eigenvalue weighted by atomic mass is 10.2. The van der Waals surface area contributed by atoms with Gasteiger partial charge in [-0.05, 0) is 31.5 Å². The standard InChI is InChI=1S/C14H19N3O2/c15-10-11-4-3-7-16(11)8-9-17-12-5-1-2-6-13(12)19-14(17)18/h1-2,5-6,11H,3-4,7-10,15H2. The molecule has 0 amide bonds. The topological polar surface area (TPSA) is 64.4 Å². The zero-order valence-corrected chi connectivity index (χ0v) is 10.9. The predicted molar refractivity (Wildman–Crippen MR) is 74.1 cm³/mol. The van der Waals surface area contributed by atoms with Gasteiger partial charge in [-0.15, -0.1) is 0 Å². The number of oxazole rings is 1. The van der Waals surface area contributed by atoms with Crippen molar-refractivity contribution in [1.29, 1.82) is 0 Å². The summed E-state index contributed by atoms with van der Waals surface area (Å²) in [5, 5.41) is 0. The quantitative estimate of drug-likeness (QED) is 0.892. The van der Waals surface area contributed by atoms with Crippen LogP contribution in [0.4, 0.5) is 0 Å². The van der Waals surface area contributed by atoms with Crippen LogP contribution in [0.15, 0.2) is 33.5 Å². The molecule has 0 spiro atoms. The largest absolute Gasteiger partial charge is 0.419 e. The molecule has 5 heteroatoms. The van der Waals surface area contributed by atoms with Crippen LogP contribution in [0.5, 0.6) is 0 Å². The van der Waals surface area contributed by atoms with Crippen LogP contribution in [0.25, 0.3) is 11.1 Å². The van der Waals surface area contributed by atoms with Crippen molar-refractivity contribution in [2.75, 3.05) is 19.6 Å². The highest BCUT2D eigenvalue weighted by Crippen LogP contribution is 2.17. The highest BCUT2D eigenvalue weighted by Gasteiger charge is 2.23. The monoisotopic (exact) mass is 261 g/mol. The molecule has 19 heavy (non-hydrogen) atoms. The number of rotatable bonds is 4. The van der Waals surface area contributed by atoms with Crippen molar-refractivity contribution < 1.29 is 4.42 Å². The van der Waals surface area contributed by atoms with Gasteiger partial charge in [0.1, 0.15) is 0 Å². The van der Waals surface area contributed by atoms with Crippen molar-refractivity contribution in [2.45, 2.75) is 25.4 Å². The van der Waals surface area contributed by atoms with Gasteiger partial charge in [0.05, 0.1) is 5.52 Å². The molecule has 0 aliphatic carbocycles. The van der Waals surface area contributed by atoms with Crippen LogP contribution >= 0.6 is 0 Å². The molecule has 3 rings (SSSR count). The van der Waals surface area contributed by atoms with Crippen LogP contribution in [0.1, 0.15) is 12.8 Å². The summed E-state index contributed by atoms with van der Waals surface area (Å²) < 4.78 is 6.94. The molecular formula is C14H19N3O2. The molecule has 1 aromatic heterocycles. The summed E-state index contributed by atoms with van der Waals surface area (Å²) in [5.41, 5.74) is 7.29. The number of nitrogens with zero attached hydrogens (tertiary/aromatic N) is 2. The summed E-state index contributed by atoms with van der Waals surface area (Å²) in [6.07, 6.45) is 2.36. The minimum atomic E-state index is -0.273. The molecule has 0 bridgehead atoms. The molecular weight excluding hydrogens is 242 g/mol. The van der Waals surface area contributed by atoms with Crippen molar-refractivity contribution >= 4 is 11.1 Å². The first-order chi connectivity index (χ1) is 9.29. The first kappa shape index (κ1) is 12.4. The minimum Gasteiger partial charge on any atom is -0.408 e. The fraction of sp³-hybridized carbons (Fsp3) is 0.500. The normalized spacial score (nSPS) is 20.4. The van der Waals surface area contributed by atoms with Gasteiger partial charge in [0, 0.05) is 25.7 Å². The van der Waals surface area contributed by atoms with E-state index in [2.05, 4.69) is 4.90 Å². The molecule has 1 atom stereocenters. The Morgan fingerprint density at radius 1 is 1.32 bits per heavy atom. The molecule has 1 aliphatic heterocycles. The van der Waals surface area contributed by atoms with E-state index in [-0.39, 0.29) is 5.76 Å². The molecule has 1 saturated heterocycles. The average Bonchev–Trinajstić information content (AvgIpc) is 2.99. The maximum Gasteiger partial charge on any atom is 0.419 e. The highest BCUT2D eigenvalue weighted by molar-refractivity contribution is 5.72. The second-order valence-corrected chi connectivity index (χ2v) is 5.06. The number of hydrogen-bond donors (Lipinski definition) is 1. The van der Waals surface area contributed by atoms with Gasteiger partial charge >= 0.3 is 5.76 Å². The number of nitrogens with two attached hydrogens (primary N) is 1. The molecule has 1 aliphatic rings. The first-order valence-corrected chi connectivity index (χ1v) is 6.82. The van der Waals surface area contributed by atoms with Gasteiger partial charge in [-0.25, -0.2) is 4.79 Å². The summed E-state index contributed by atoms with van der Waals surface area (Å²) >= 11 is 0. The molecule has 1 unspecified atom stereocenters. The van der Waals surface area contributed by atoms with Crippen LogP contribution < -0.4 is 11.5 Å². The third-order valence-electron chi connectivity index (χ3n) is 3.96. The van der Waals surface area contributed by atoms with Gasteiger partial charge in [0.2, 0.25) is 0 Å². The molecule has 0 radical (unpaired) electrons. The number of fused-ring (bicyclic) bond motifs is 1. The minimum absolute atomic E-state index is 0.273. The van der Waals surface area contributed by atoms with E-state index in [1.54, 1.807) is 4.57 Å². The van der Waals surface area contributed by atoms with Gasteiger partial charge in [-0.1, -0.05) is 12.1 Å². The van der Waals surface area contributed by atoms with Gasteiger partial charge in [-0.3, -0.25) is 9.47 Å². The van der Waals surface area contributed by atoms with E-state index in [1.807, 2.05) is 24.3 Å². The van der Waals surface area contributed by atoms with E-state index >= 15 is 0 Å². The summed E-state index contributed by atoms with van der Waals surface area (Å²) in [6, 6.07) is 8.01. The number of hydrogen-bond acceptors (Lipinski definition) is 4. The van der Waals surface area contributed by atoms with E-state index in [1.165, 1.54) is 6.42 Å². The molecule has 1 fully saturated rings. The smallest absolute Gasteiger partial charge is 0.408 e. The Balaban J connectivity index is 1.78. The number of benzene rings is 1. The third-order valence-corrected chi connectivity index (χ3v) is 3.96. The third kappa shape index (κ3) is 2.31. The molecule has 0 saturated carbocycles. The van der Waals surface area contributed by atoms with E-state index < -0.39 is 0 Å². The number of aromatic nitrogens is 1. The summed E-state index contributed by atoms with van der Waals surface area (Å²) in [4.78, 5) is 14.2. The Morgan fingerprint density at radius 2 is 2.16 bits per heavy atom. The number of para-hydroxylation sites is 2. The van der Waals surface area contributed by atoms with Crippen molar-refractivity contribution in [1.82, 2.24) is 9.47 Å². The number of likely N-dealkylation sites (tertiary alicyclic amines) is 1. The summed E-state index contributed by atoms with van der Waals surface area (Å²) in [6.45, 7) is 3.28. The Kier molecular flexibility index (Phi) is 3.40. The second kappa shape index (κ2) is 5.19. The van der Waals surface area contributed by atoms with Crippen LogP contribution in [0.3, 0.4) is 0 Å². The Bertz CT molecular complexity index is 616. The molecule has 102 valence electrons. The predicted octanol–water partition coefficient (Wildman–Crippen LogP) is 1.02. The zero-order valence-electron chi connectivity index (χ0n) is 10.9. The van der Waals surface area contributed by atoms with Crippen molar-refractivity contribution in [3.05, 3.63) is 34.8 Å². The Morgan fingerprint density at radius 3 is 3.00 bits per heavy atom. The lowest BCUT2D eigenvalue weighted by Crippen LogP contribution is -2.38. The van der Waals surface area contributed by atoms with Crippen LogP contribution in [0.2, 0.25) is 0 Å². The van der Waals surface area contributed by atoms with Crippen LogP contribution in [0, 0.1) is 0 Å². The molecule has 1 aromatic carbocycles. The average molecular weight is 261 g/mol. The van der Waals surface area contributed by atoms with E-state index in [0.29, 0.717) is 24.7 Å². The summed E-state index contributed by atoms with van der Waals surface area (Å²) in [7, 11) is 0. The van der Waals surface area contributed by atoms with E-state index in [4.69, 9.17) is 10.2 Å². The van der Waals surface area contributed by atoms with Gasteiger partial charge in [-0.2, -0.15) is 0 Å². The van der Waals surface area contributed by atoms with Gasteiger partial charge < -0.3 is 10.2 Å². The molecule has 2 heterocycles. The molecule has 5 nitrogen and oxygen atoms in total. The highest BCUT2D eigenvalue weighted by atomic mass is 16.4. The second-order valence-electron chi connectivity index (χ2n) is 5.06. The van der Waals surface area contributed by atoms with Crippen LogP contribution in [-0.2, 0) is 6.54 Å². The lowest BCUT2D eigenvalue weighted by Gasteiger charge is -2.22. The van der Waals surface area contributed by atoms with Crippen LogP contribution in [-0.4, -0.2) is 35.1 Å². The fourth-order valence-electron chi connectivity index (χ4n) is 2.91. The van der Waals surface area contributed by atoms with Gasteiger partial charge in [0.25, 0.3) is 0 Å².